The van der Waals surface area contributed by atoms with Gasteiger partial charge in [-0.15, -0.1) is 11.8 Å². The van der Waals surface area contributed by atoms with E-state index >= 15 is 0 Å². The Kier molecular flexibility index (Phi) is 3.31. The molecule has 4 nitrogen and oxygen atoms in total. The highest BCUT2D eigenvalue weighted by Crippen LogP contribution is 2.42. The lowest BCUT2D eigenvalue weighted by atomic mass is 10.2. The molecule has 1 aromatic rings. The van der Waals surface area contributed by atoms with E-state index in [-0.39, 0.29) is 22.8 Å². The zero-order valence-corrected chi connectivity index (χ0v) is 12.8. The van der Waals surface area contributed by atoms with Crippen molar-refractivity contribution in [2.24, 2.45) is 0 Å². The van der Waals surface area contributed by atoms with Gasteiger partial charge in [0.05, 0.1) is 23.2 Å². The Morgan fingerprint density at radius 3 is 2.84 bits per heavy atom. The van der Waals surface area contributed by atoms with Gasteiger partial charge in [0.1, 0.15) is 0 Å². The highest BCUT2D eigenvalue weighted by molar-refractivity contribution is 8.15. The van der Waals surface area contributed by atoms with Crippen molar-refractivity contribution >= 4 is 44.2 Å². The Balaban J connectivity index is 2.02. The highest BCUT2D eigenvalue weighted by Gasteiger charge is 2.49. The first-order chi connectivity index (χ1) is 9.02. The molecule has 2 saturated heterocycles. The van der Waals surface area contributed by atoms with Crippen molar-refractivity contribution in [3.63, 3.8) is 0 Å². The Morgan fingerprint density at radius 2 is 2.11 bits per heavy atom. The molecule has 2 aliphatic heterocycles. The number of para-hydroxylation sites is 1. The number of hydrogen-bond acceptors (Lipinski definition) is 5. The van der Waals surface area contributed by atoms with E-state index in [9.17, 15) is 8.42 Å². The topological polar surface area (TPSA) is 61.2 Å². The van der Waals surface area contributed by atoms with E-state index in [1.54, 1.807) is 11.8 Å². The zero-order valence-electron chi connectivity index (χ0n) is 10.4. The van der Waals surface area contributed by atoms with E-state index in [4.69, 9.17) is 5.41 Å². The summed E-state index contributed by atoms with van der Waals surface area (Å²) in [6, 6.07) is 7.79. The largest absolute Gasteiger partial charge is 0.315 e. The lowest BCUT2D eigenvalue weighted by molar-refractivity contribution is 0.601. The van der Waals surface area contributed by atoms with Crippen molar-refractivity contribution in [1.29, 1.82) is 5.41 Å². The third-order valence-corrected chi connectivity index (χ3v) is 7.35. The monoisotopic (exact) mass is 314 g/mol. The summed E-state index contributed by atoms with van der Waals surface area (Å²) in [5.41, 5.74) is 0.956. The number of anilines is 1. The van der Waals surface area contributed by atoms with Gasteiger partial charge in [0, 0.05) is 10.1 Å². The molecule has 2 fully saturated rings. The Morgan fingerprint density at radius 1 is 1.37 bits per heavy atom. The van der Waals surface area contributed by atoms with Crippen molar-refractivity contribution in [3.05, 3.63) is 24.3 Å². The summed E-state index contributed by atoms with van der Waals surface area (Å²) in [6.45, 7) is 0. The fourth-order valence-corrected chi connectivity index (χ4v) is 6.99. The summed E-state index contributed by atoms with van der Waals surface area (Å²) in [5.74, 6) is 0.360. The predicted octanol–water partition coefficient (Wildman–Crippen LogP) is 2.06. The van der Waals surface area contributed by atoms with E-state index in [2.05, 4.69) is 0 Å². The second-order valence-electron chi connectivity index (χ2n) is 4.65. The van der Waals surface area contributed by atoms with Crippen LogP contribution < -0.4 is 4.90 Å². The first-order valence-electron chi connectivity index (χ1n) is 5.90. The van der Waals surface area contributed by atoms with Gasteiger partial charge >= 0.3 is 0 Å². The zero-order chi connectivity index (χ0) is 13.6. The molecule has 102 valence electrons. The van der Waals surface area contributed by atoms with Crippen molar-refractivity contribution in [3.8, 4) is 0 Å². The molecular weight excluding hydrogens is 300 g/mol. The molecule has 1 N–H and O–H groups in total. The van der Waals surface area contributed by atoms with E-state index in [1.165, 1.54) is 11.8 Å². The molecule has 0 radical (unpaired) electrons. The van der Waals surface area contributed by atoms with Gasteiger partial charge in [-0.2, -0.15) is 0 Å². The van der Waals surface area contributed by atoms with Gasteiger partial charge < -0.3 is 4.90 Å². The second-order valence-corrected chi connectivity index (χ2v) is 8.88. The van der Waals surface area contributed by atoms with Crippen molar-refractivity contribution in [2.45, 2.75) is 16.2 Å². The number of sulfone groups is 1. The molecule has 0 aromatic heterocycles. The summed E-state index contributed by atoms with van der Waals surface area (Å²) in [5, 5.41) is 8.60. The maximum atomic E-state index is 11.8. The molecule has 0 saturated carbocycles. The summed E-state index contributed by atoms with van der Waals surface area (Å²) in [6.07, 6.45) is 1.99. The molecule has 19 heavy (non-hydrogen) atoms. The average molecular weight is 314 g/mol. The maximum absolute atomic E-state index is 11.8. The Hall–Kier alpha value is -0.660. The number of benzene rings is 1. The van der Waals surface area contributed by atoms with Crippen molar-refractivity contribution < 1.29 is 8.42 Å². The van der Waals surface area contributed by atoms with Crippen LogP contribution in [0.5, 0.6) is 0 Å². The normalized spacial score (nSPS) is 28.7. The predicted molar refractivity (Wildman–Crippen MR) is 82.2 cm³/mol. The van der Waals surface area contributed by atoms with Crippen LogP contribution in [0.3, 0.4) is 0 Å². The quantitative estimate of drug-likeness (QED) is 0.847. The summed E-state index contributed by atoms with van der Waals surface area (Å²) in [7, 11) is -2.96. The van der Waals surface area contributed by atoms with Gasteiger partial charge in [-0.3, -0.25) is 5.41 Å². The van der Waals surface area contributed by atoms with Gasteiger partial charge in [0.25, 0.3) is 0 Å². The van der Waals surface area contributed by atoms with Crippen molar-refractivity contribution in [2.75, 3.05) is 22.7 Å². The lowest BCUT2D eigenvalue weighted by Gasteiger charge is -2.25. The van der Waals surface area contributed by atoms with Crippen LogP contribution in [0.2, 0.25) is 0 Å². The fraction of sp³-hybridized carbons (Fsp3) is 0.417. The molecule has 1 aromatic carbocycles. The number of fused-ring (bicyclic) bond motifs is 1. The number of thioether (sulfide) groups is 2. The number of nitrogens with one attached hydrogen (secondary N) is 1. The second kappa shape index (κ2) is 4.71. The van der Waals surface area contributed by atoms with Crippen LogP contribution in [0.15, 0.2) is 29.2 Å². The number of rotatable bonds is 2. The molecule has 0 aliphatic carbocycles. The molecule has 2 atom stereocenters. The SMILES string of the molecule is CSc1ccccc1N1C(=N)S[C@H]2CS(=O)(=O)C[C@@H]21. The van der Waals surface area contributed by atoms with Gasteiger partial charge in [0.2, 0.25) is 0 Å². The van der Waals surface area contributed by atoms with Crippen molar-refractivity contribution in [1.82, 2.24) is 0 Å². The third-order valence-electron chi connectivity index (χ3n) is 3.43. The van der Waals surface area contributed by atoms with Crippen LogP contribution in [0.4, 0.5) is 5.69 Å². The summed E-state index contributed by atoms with van der Waals surface area (Å²) < 4.78 is 23.5. The number of nitrogens with zero attached hydrogens (tertiary/aromatic N) is 1. The molecular formula is C12H14N2O2S3. The fourth-order valence-electron chi connectivity index (χ4n) is 2.62. The standard InChI is InChI=1S/C12H14N2O2S3/c1-17-10-5-3-2-4-8(10)14-9-6-19(15,16)7-11(9)18-12(14)13/h2-5,9,11,13H,6-7H2,1H3/t9-,11-/m0/s1. The van der Waals surface area contributed by atoms with Gasteiger partial charge in [0.15, 0.2) is 15.0 Å². The molecule has 7 heteroatoms. The van der Waals surface area contributed by atoms with Crippen LogP contribution in [0, 0.1) is 5.41 Å². The van der Waals surface area contributed by atoms with Gasteiger partial charge in [-0.25, -0.2) is 8.42 Å². The third kappa shape index (κ3) is 2.28. The molecule has 2 aliphatic rings. The highest BCUT2D eigenvalue weighted by atomic mass is 32.2. The number of amidine groups is 1. The summed E-state index contributed by atoms with van der Waals surface area (Å²) >= 11 is 3.00. The van der Waals surface area contributed by atoms with E-state index in [0.29, 0.717) is 5.17 Å². The van der Waals surface area contributed by atoms with Crippen LogP contribution in [-0.2, 0) is 9.84 Å². The molecule has 2 heterocycles. The molecule has 0 bridgehead atoms. The van der Waals surface area contributed by atoms with Crippen LogP contribution in [-0.4, -0.2) is 42.6 Å². The first-order valence-corrected chi connectivity index (χ1v) is 9.82. The maximum Gasteiger partial charge on any atom is 0.161 e. The molecule has 0 amide bonds. The first kappa shape index (κ1) is 13.3. The average Bonchev–Trinajstić information content (AvgIpc) is 2.79. The Labute approximate surface area is 121 Å². The van der Waals surface area contributed by atoms with Crippen LogP contribution >= 0.6 is 23.5 Å². The summed E-state index contributed by atoms with van der Waals surface area (Å²) in [4.78, 5) is 2.98. The van der Waals surface area contributed by atoms with Gasteiger partial charge in [-0.05, 0) is 18.4 Å². The minimum absolute atomic E-state index is 0.00686. The van der Waals surface area contributed by atoms with E-state index < -0.39 is 9.84 Å². The van der Waals surface area contributed by atoms with E-state index in [0.717, 1.165) is 10.6 Å². The minimum Gasteiger partial charge on any atom is -0.315 e. The van der Waals surface area contributed by atoms with Crippen LogP contribution in [0.25, 0.3) is 0 Å². The van der Waals surface area contributed by atoms with Crippen LogP contribution in [0.1, 0.15) is 0 Å². The van der Waals surface area contributed by atoms with E-state index in [1.807, 2.05) is 35.4 Å². The molecule has 0 spiro atoms. The Bertz CT molecular complexity index is 630. The molecule has 0 unspecified atom stereocenters. The lowest BCUT2D eigenvalue weighted by Crippen LogP contribution is -2.37. The minimum atomic E-state index is -2.96. The smallest absolute Gasteiger partial charge is 0.161 e. The molecule has 3 rings (SSSR count). The number of hydrogen-bond donors (Lipinski definition) is 1. The van der Waals surface area contributed by atoms with Gasteiger partial charge in [-0.1, -0.05) is 23.9 Å².